The number of benzene rings is 2. The van der Waals surface area contributed by atoms with Gasteiger partial charge in [-0.25, -0.2) is 0 Å². The number of hydrogen-bond donors (Lipinski definition) is 1. The van der Waals surface area contributed by atoms with E-state index in [2.05, 4.69) is 7.50 Å². The van der Waals surface area contributed by atoms with Crippen LogP contribution in [-0.2, 0) is 12.6 Å². The van der Waals surface area contributed by atoms with Gasteiger partial charge < -0.3 is 0 Å². The molecule has 1 aromatic heterocycles. The molecule has 27 heavy (non-hydrogen) atoms. The molecule has 0 unspecified atom stereocenters. The average Bonchev–Trinajstić information content (AvgIpc) is 3.02. The fourth-order valence-corrected chi connectivity index (χ4v) is 8.93. The molecule has 12 heteroatoms. The van der Waals surface area contributed by atoms with Gasteiger partial charge in [-0.1, -0.05) is 0 Å². The molecule has 7 nitrogen and oxygen atoms in total. The van der Waals surface area contributed by atoms with E-state index in [-0.39, 0.29) is 14.6 Å². The van der Waals surface area contributed by atoms with Gasteiger partial charge in [-0.2, -0.15) is 0 Å². The number of alkyl halides is 3. The zero-order valence-corrected chi connectivity index (χ0v) is 16.1. The number of nitrogens with zero attached hydrogens (tertiary/aromatic N) is 1. The fraction of sp³-hybridized carbons (Fsp3) is 0.0667. The molecule has 144 valence electrons. The maximum absolute atomic E-state index is 12.8. The molecule has 0 radical (unpaired) electrons. The van der Waals surface area contributed by atoms with Gasteiger partial charge in [-0.3, -0.25) is 0 Å². The Hall–Kier alpha value is -2.19. The summed E-state index contributed by atoms with van der Waals surface area (Å²) in [6.07, 6.45) is 1.33. The molecule has 0 spiro atoms. The van der Waals surface area contributed by atoms with Crippen LogP contribution in [0, 0.1) is 17.3 Å². The number of H-pyrrole nitrogens is 1. The van der Waals surface area contributed by atoms with Gasteiger partial charge in [0.05, 0.1) is 0 Å². The van der Waals surface area contributed by atoms with Crippen LogP contribution in [0.15, 0.2) is 54.7 Å². The van der Waals surface area contributed by atoms with Crippen LogP contribution >= 0.6 is 20.2 Å². The molecule has 0 aliphatic heterocycles. The maximum atomic E-state index is 12.8. The van der Waals surface area contributed by atoms with E-state index < -0.39 is 40.8 Å². The summed E-state index contributed by atoms with van der Waals surface area (Å²) in [5.41, 5.74) is -5.43. The molecule has 0 atom stereocenters. The summed E-state index contributed by atoms with van der Waals surface area (Å²) >= 11 is -3.61. The van der Waals surface area contributed by atoms with Crippen molar-refractivity contribution in [2.24, 2.45) is 0 Å². The van der Waals surface area contributed by atoms with E-state index in [4.69, 9.17) is 0 Å². The van der Waals surface area contributed by atoms with Crippen LogP contribution in [0.1, 0.15) is 0 Å². The molecular weight excluding hydrogens is 504 g/mol. The van der Waals surface area contributed by atoms with E-state index in [1.807, 2.05) is 0 Å². The molecule has 0 saturated carbocycles. The van der Waals surface area contributed by atoms with Gasteiger partial charge in [-0.15, -0.1) is 0 Å². The summed E-state index contributed by atoms with van der Waals surface area (Å²) in [5.74, 6) is 0. The second-order valence-corrected chi connectivity index (χ2v) is 11.5. The number of rotatable bonds is 5. The first kappa shape index (κ1) is 19.6. The van der Waals surface area contributed by atoms with Crippen LogP contribution in [-0.4, -0.2) is 23.8 Å². The van der Waals surface area contributed by atoms with Crippen LogP contribution < -0.4 is 0 Å². The normalized spacial score (nSPS) is 12.9. The monoisotopic (exact) mass is 514 g/mol. The molecule has 0 bridgehead atoms. The number of hydrogen-bond acceptors (Lipinski definition) is 5. The second-order valence-electron chi connectivity index (χ2n) is 5.13. The van der Waals surface area contributed by atoms with Gasteiger partial charge in [0.25, 0.3) is 0 Å². The Labute approximate surface area is 158 Å². The summed E-state index contributed by atoms with van der Waals surface area (Å²) in [5, 5.41) is 11.3. The minimum atomic E-state index is -5.84. The van der Waals surface area contributed by atoms with E-state index in [0.29, 0.717) is 9.09 Å². The van der Waals surface area contributed by atoms with Crippen molar-refractivity contribution in [2.45, 2.75) is 5.51 Å². The molecule has 0 fully saturated rings. The number of halogens is 4. The van der Waals surface area contributed by atoms with Crippen molar-refractivity contribution in [3.63, 3.8) is 0 Å². The Morgan fingerprint density at radius 3 is 2.37 bits per heavy atom. The Bertz CT molecular complexity index is 1100. The number of aromatic nitrogens is 1. The van der Waals surface area contributed by atoms with Crippen LogP contribution in [0.4, 0.5) is 18.9 Å². The number of nitro benzene ring substituents is 1. The fourth-order valence-electron chi connectivity index (χ4n) is 2.17. The molecule has 3 rings (SSSR count). The predicted octanol–water partition coefficient (Wildman–Crippen LogP) is 4.40. The first-order valence-corrected chi connectivity index (χ1v) is 11.6. The molecule has 2 aromatic carbocycles. The summed E-state index contributed by atoms with van der Waals surface area (Å²) in [7, 11) is -5.84. The SMILES string of the molecule is O=[N+]([O-])c1ccc2[nH]cc(I(OS(=O)(=O)C(F)(F)F)c3ccccc3)c2c1. The molecule has 0 saturated heterocycles. The minimum absolute atomic E-state index is 0.178. The van der Waals surface area contributed by atoms with Gasteiger partial charge in [0.1, 0.15) is 0 Å². The Kier molecular flexibility index (Phi) is 5.14. The van der Waals surface area contributed by atoms with Crippen molar-refractivity contribution < 1.29 is 29.0 Å². The zero-order chi connectivity index (χ0) is 19.8. The van der Waals surface area contributed by atoms with Crippen molar-refractivity contribution in [3.05, 3.63) is 72.0 Å². The van der Waals surface area contributed by atoms with Crippen LogP contribution in [0.5, 0.6) is 0 Å². The summed E-state index contributed by atoms with van der Waals surface area (Å²) in [6.45, 7) is 0. The first-order valence-electron chi connectivity index (χ1n) is 7.12. The standard InChI is InChI=1S/C15H10F3IN2O5S/c16-15(17,18)27(24,25)26-19(10-4-2-1-3-5-10)13-9-20-14-7-6-11(21(22)23)8-12(13)14/h1-9,20H. The molecule has 0 aliphatic carbocycles. The van der Waals surface area contributed by atoms with Crippen LogP contribution in [0.25, 0.3) is 10.9 Å². The molecule has 1 N–H and O–H groups in total. The van der Waals surface area contributed by atoms with E-state index >= 15 is 0 Å². The number of nitro groups is 1. The van der Waals surface area contributed by atoms with E-state index in [1.165, 1.54) is 36.5 Å². The van der Waals surface area contributed by atoms with Crippen molar-refractivity contribution in [1.82, 2.24) is 4.98 Å². The van der Waals surface area contributed by atoms with E-state index in [1.54, 1.807) is 18.2 Å². The number of fused-ring (bicyclic) bond motifs is 1. The van der Waals surface area contributed by atoms with Gasteiger partial charge in [0.15, 0.2) is 0 Å². The molecule has 0 aliphatic rings. The van der Waals surface area contributed by atoms with Crippen molar-refractivity contribution in [3.8, 4) is 0 Å². The Balaban J connectivity index is 2.18. The topological polar surface area (TPSA) is 102 Å². The van der Waals surface area contributed by atoms with Gasteiger partial charge in [-0.05, 0) is 0 Å². The molecule has 3 aromatic rings. The Morgan fingerprint density at radius 1 is 1.11 bits per heavy atom. The molecular formula is C15H10F3IN2O5S. The second kappa shape index (κ2) is 7.09. The van der Waals surface area contributed by atoms with Crippen molar-refractivity contribution in [1.29, 1.82) is 0 Å². The number of non-ortho nitro benzene ring substituents is 1. The van der Waals surface area contributed by atoms with Crippen molar-refractivity contribution in [2.75, 3.05) is 0 Å². The number of nitrogens with one attached hydrogen (secondary N) is 1. The molecule has 1 heterocycles. The van der Waals surface area contributed by atoms with Gasteiger partial charge >= 0.3 is 158 Å². The van der Waals surface area contributed by atoms with Gasteiger partial charge in [0, 0.05) is 0 Å². The van der Waals surface area contributed by atoms with E-state index in [9.17, 15) is 31.7 Å². The zero-order valence-electron chi connectivity index (χ0n) is 13.1. The first-order chi connectivity index (χ1) is 12.6. The average molecular weight is 514 g/mol. The third-order valence-electron chi connectivity index (χ3n) is 3.37. The number of aromatic amines is 1. The quantitative estimate of drug-likeness (QED) is 0.235. The van der Waals surface area contributed by atoms with Crippen LogP contribution in [0.2, 0.25) is 0 Å². The summed E-state index contributed by atoms with van der Waals surface area (Å²) < 4.78 is 66.9. The third-order valence-corrected chi connectivity index (χ3v) is 10.5. The van der Waals surface area contributed by atoms with Crippen LogP contribution in [0.3, 0.4) is 0 Å². The predicted molar refractivity (Wildman–Crippen MR) is 98.9 cm³/mol. The van der Waals surface area contributed by atoms with E-state index in [0.717, 1.165) is 0 Å². The summed E-state index contributed by atoms with van der Waals surface area (Å²) in [4.78, 5) is 13.2. The molecule has 0 amide bonds. The summed E-state index contributed by atoms with van der Waals surface area (Å²) in [6, 6.07) is 11.4. The van der Waals surface area contributed by atoms with Crippen molar-refractivity contribution >= 4 is 46.9 Å². The Morgan fingerprint density at radius 2 is 1.78 bits per heavy atom. The van der Waals surface area contributed by atoms with Gasteiger partial charge in [0.2, 0.25) is 0 Å². The third kappa shape index (κ3) is 3.91.